The molecule has 0 spiro atoms. The zero-order valence-corrected chi connectivity index (χ0v) is 30.3. The molecule has 3 heteroatoms. The lowest BCUT2D eigenvalue weighted by molar-refractivity contribution is 0.670. The molecule has 0 atom stereocenters. The Morgan fingerprint density at radius 2 is 0.902 bits per heavy atom. The fourth-order valence-corrected chi connectivity index (χ4v) is 6.70. The molecular formula is C58H38N2O. The number of hydrogen-bond acceptors (Lipinski definition) is 2. The van der Waals surface area contributed by atoms with Gasteiger partial charge in [-0.3, -0.25) is 0 Å². The van der Waals surface area contributed by atoms with E-state index >= 15 is 0 Å². The molecule has 10 aromatic carbocycles. The van der Waals surface area contributed by atoms with Gasteiger partial charge in [0.1, 0.15) is 11.2 Å². The molecule has 0 bridgehead atoms. The van der Waals surface area contributed by atoms with Crippen LogP contribution < -0.4 is 4.90 Å². The van der Waals surface area contributed by atoms with Gasteiger partial charge in [-0.15, -0.1) is 0 Å². The smallest absolute Gasteiger partial charge is 0.145 e. The van der Waals surface area contributed by atoms with E-state index in [1.165, 1.54) is 0 Å². The Kier molecular flexibility index (Phi) is 3.21. The van der Waals surface area contributed by atoms with Crippen molar-refractivity contribution in [3.8, 4) is 39.1 Å². The fraction of sp³-hybridized carbons (Fsp3) is 0. The van der Waals surface area contributed by atoms with E-state index in [0.29, 0.717) is 4.57 Å². The van der Waals surface area contributed by atoms with Crippen LogP contribution in [0.15, 0.2) is 234 Å². The average Bonchev–Trinajstić information content (AvgIpc) is 1.65. The molecule has 12 rings (SSSR count). The third kappa shape index (κ3) is 5.90. The Hall–Kier alpha value is -8.14. The number of anilines is 3. The Morgan fingerprint density at radius 1 is 0.377 bits per heavy atom. The van der Waals surface area contributed by atoms with Crippen LogP contribution in [0.1, 0.15) is 52.1 Å². The maximum absolute atomic E-state index is 10.2. The fourth-order valence-electron chi connectivity index (χ4n) is 6.70. The average molecular weight is 817 g/mol. The van der Waals surface area contributed by atoms with E-state index in [1.807, 2.05) is 0 Å². The molecule has 3 nitrogen and oxygen atoms in total. The molecule has 0 aliphatic carbocycles. The zero-order valence-electron chi connectivity index (χ0n) is 68.3. The van der Waals surface area contributed by atoms with Crippen LogP contribution in [0.5, 0.6) is 0 Å². The van der Waals surface area contributed by atoms with Crippen LogP contribution in [0, 0.1) is 0 Å². The molecule has 61 heavy (non-hydrogen) atoms. The van der Waals surface area contributed by atoms with Gasteiger partial charge in [0.05, 0.1) is 68.8 Å². The predicted molar refractivity (Wildman–Crippen MR) is 257 cm³/mol. The lowest BCUT2D eigenvalue weighted by Crippen LogP contribution is -2.11. The van der Waals surface area contributed by atoms with E-state index in [9.17, 15) is 20.6 Å². The topological polar surface area (TPSA) is 21.3 Å². The molecule has 0 saturated heterocycles. The number of rotatable bonds is 7. The summed E-state index contributed by atoms with van der Waals surface area (Å²) >= 11 is 0. The van der Waals surface area contributed by atoms with Crippen molar-refractivity contribution in [2.24, 2.45) is 0 Å². The lowest BCUT2D eigenvalue weighted by Gasteiger charge is -2.28. The molecule has 2 heterocycles. The number of benzene rings is 10. The van der Waals surface area contributed by atoms with Crippen LogP contribution >= 0.6 is 0 Å². The first-order chi connectivity index (χ1) is 46.1. The van der Waals surface area contributed by atoms with Crippen molar-refractivity contribution in [2.45, 2.75) is 0 Å². The minimum Gasteiger partial charge on any atom is -0.455 e. The van der Waals surface area contributed by atoms with E-state index < -0.39 is 340 Å². The number of furan rings is 1. The van der Waals surface area contributed by atoms with Gasteiger partial charge in [-0.25, -0.2) is 0 Å². The lowest BCUT2D eigenvalue weighted by atomic mass is 9.97. The Labute approximate surface area is 407 Å². The zero-order chi connectivity index (χ0) is 73.3. The highest BCUT2D eigenvalue weighted by atomic mass is 16.3. The number of hydrogen-bond donors (Lipinski definition) is 0. The monoisotopic (exact) mass is 817 g/mol. The quantitative estimate of drug-likeness (QED) is 0.160. The maximum Gasteiger partial charge on any atom is 0.145 e. The van der Waals surface area contributed by atoms with Gasteiger partial charge in [-0.1, -0.05) is 157 Å². The molecule has 12 aromatic rings. The summed E-state index contributed by atoms with van der Waals surface area (Å²) in [5.41, 5.74) is -14.7. The number of fused-ring (bicyclic) bond motifs is 7. The van der Waals surface area contributed by atoms with Gasteiger partial charge in [0.25, 0.3) is 0 Å². The van der Waals surface area contributed by atoms with Gasteiger partial charge in [0.15, 0.2) is 0 Å². The van der Waals surface area contributed by atoms with E-state index in [1.54, 1.807) is 0 Å². The molecule has 286 valence electrons. The summed E-state index contributed by atoms with van der Waals surface area (Å²) in [6.45, 7) is 0. The molecule has 0 aliphatic heterocycles. The highest BCUT2D eigenvalue weighted by Crippen LogP contribution is 2.47. The third-order valence-electron chi connectivity index (χ3n) is 9.37. The van der Waals surface area contributed by atoms with E-state index in [0.717, 1.165) is 0 Å². The van der Waals surface area contributed by atoms with Crippen LogP contribution in [0.4, 0.5) is 17.1 Å². The first kappa shape index (κ1) is 13.7. The van der Waals surface area contributed by atoms with Crippen molar-refractivity contribution >= 4 is 71.6 Å². The molecule has 0 saturated carbocycles. The Morgan fingerprint density at radius 3 is 1.59 bits per heavy atom. The molecule has 0 amide bonds. The summed E-state index contributed by atoms with van der Waals surface area (Å²) in [7, 11) is 0. The molecule has 0 unspecified atom stereocenters. The number of aromatic nitrogens is 1. The van der Waals surface area contributed by atoms with Crippen LogP contribution in [-0.4, -0.2) is 4.57 Å². The highest BCUT2D eigenvalue weighted by Gasteiger charge is 2.23. The minimum absolute atomic E-state index is 0.226. The van der Waals surface area contributed by atoms with Gasteiger partial charge in [0, 0.05) is 44.2 Å². The van der Waals surface area contributed by atoms with Crippen LogP contribution in [0.25, 0.3) is 93.6 Å². The van der Waals surface area contributed by atoms with Crippen LogP contribution in [0.3, 0.4) is 0 Å². The Balaban J connectivity index is 1.33. The minimum atomic E-state index is -1.45. The van der Waals surface area contributed by atoms with Crippen molar-refractivity contribution < 1.29 is 56.5 Å². The van der Waals surface area contributed by atoms with Crippen molar-refractivity contribution in [3.05, 3.63) is 230 Å². The van der Waals surface area contributed by atoms with E-state index in [4.69, 9.17) is 35.9 Å². The molecular weight excluding hydrogens is 741 g/mol. The number of nitrogens with zero attached hydrogens (tertiary/aromatic N) is 2. The normalized spacial score (nSPS) is 20.3. The summed E-state index contributed by atoms with van der Waals surface area (Å²) in [6, 6.07) is -42.4. The van der Waals surface area contributed by atoms with Gasteiger partial charge in [-0.2, -0.15) is 0 Å². The van der Waals surface area contributed by atoms with E-state index in [-0.39, 0.29) is 4.90 Å². The van der Waals surface area contributed by atoms with E-state index in [2.05, 4.69) is 0 Å². The third-order valence-corrected chi connectivity index (χ3v) is 9.37. The largest absolute Gasteiger partial charge is 0.455 e. The summed E-state index contributed by atoms with van der Waals surface area (Å²) in [5.74, 6) is 0. The first-order valence-electron chi connectivity index (χ1n) is 36.7. The van der Waals surface area contributed by atoms with Crippen LogP contribution in [-0.2, 0) is 0 Å². The van der Waals surface area contributed by atoms with Gasteiger partial charge < -0.3 is 13.9 Å². The van der Waals surface area contributed by atoms with Gasteiger partial charge >= 0.3 is 0 Å². The maximum atomic E-state index is 10.2. The predicted octanol–water partition coefficient (Wildman–Crippen LogP) is 16.3. The summed E-state index contributed by atoms with van der Waals surface area (Å²) in [4.78, 5) is 0.226. The second kappa shape index (κ2) is 14.3. The van der Waals surface area contributed by atoms with Crippen molar-refractivity contribution in [1.82, 2.24) is 4.57 Å². The summed E-state index contributed by atoms with van der Waals surface area (Å²) in [6.07, 6.45) is 0. The van der Waals surface area contributed by atoms with Crippen molar-refractivity contribution in [2.75, 3.05) is 4.90 Å². The number of para-hydroxylation sites is 3. The molecule has 0 fully saturated rings. The highest BCUT2D eigenvalue weighted by molar-refractivity contribution is 6.13. The van der Waals surface area contributed by atoms with Crippen molar-refractivity contribution in [1.29, 1.82) is 0 Å². The standard InChI is InChI=1S/C58H38N2O/c1-2-12-39(13-3-1)41-24-30-46(31-25-41)59(47-32-26-42(27-33-47)45-23-22-40-14-4-5-15-44(40)38-45)55-37-36-52-51-18-8-11-21-56(51)61-58(52)57(55)43-28-34-48(35-29-43)60-53-19-9-6-16-49(53)50-17-7-10-20-54(50)60/h1-38H/i1D,2D,3D,4D,5D,6D,7D,8D,9D,10D,11D,12D,13D,14D,15D,16D,17D,18D,19D,20D,21D,22D,23D,24D,25D,26D,27D,28D,29D,30D,31D,32D,33D,34D,35D,36D,37D,38D. The Bertz CT molecular complexity index is 5660. The first-order valence-corrected chi connectivity index (χ1v) is 17.7. The van der Waals surface area contributed by atoms with Gasteiger partial charge in [-0.05, 0) is 111 Å². The molecule has 2 aromatic heterocycles. The summed E-state index contributed by atoms with van der Waals surface area (Å²) in [5, 5.41) is -4.10. The van der Waals surface area contributed by atoms with Crippen LogP contribution in [0.2, 0.25) is 0 Å². The molecule has 0 aliphatic rings. The molecule has 0 radical (unpaired) electrons. The second-order valence-electron chi connectivity index (χ2n) is 12.8. The SMILES string of the molecule is [2H]c1c([2H])c([2H])c(-c2c([2H])c([2H])c(N(c3c([2H])c([2H])c(-c4c([2H])c([2H])c5c([2H])c([2H])c([2H])c([2H])c5c4[2H])c([2H])c3[2H])c3c([2H])c([2H])c4c(oc5c([2H])c([2H])c([2H])c([2H])c54)c3-c3c([2H])c([2H])c(-n4c5c([2H])c([2H])c([2H])c([2H])c5c5c([2H])c([2H])c([2H])c([2H])c54)c([2H])c3[2H])c([2H])c2[2H])c([2H])c1[2H]. The molecule has 0 N–H and O–H groups in total. The summed E-state index contributed by atoms with van der Waals surface area (Å²) < 4.78 is 355. The second-order valence-corrected chi connectivity index (χ2v) is 12.8. The van der Waals surface area contributed by atoms with Gasteiger partial charge in [0.2, 0.25) is 0 Å². The van der Waals surface area contributed by atoms with Crippen molar-refractivity contribution in [3.63, 3.8) is 0 Å².